The number of likely N-dealkylation sites (tertiary alicyclic amines) is 1. The van der Waals surface area contributed by atoms with Crippen LogP contribution in [0.1, 0.15) is 6.92 Å². The Morgan fingerprint density at radius 2 is 2.24 bits per heavy atom. The van der Waals surface area contributed by atoms with E-state index in [0.29, 0.717) is 6.54 Å². The van der Waals surface area contributed by atoms with Crippen LogP contribution >= 0.6 is 0 Å². The molecule has 0 aromatic carbocycles. The van der Waals surface area contributed by atoms with E-state index in [-0.39, 0.29) is 24.9 Å². The molecule has 17 heavy (non-hydrogen) atoms. The van der Waals surface area contributed by atoms with Crippen LogP contribution in [0.4, 0.5) is 0 Å². The van der Waals surface area contributed by atoms with E-state index in [4.69, 9.17) is 5.11 Å². The van der Waals surface area contributed by atoms with Gasteiger partial charge in [0.1, 0.15) is 19.2 Å². The average Bonchev–Trinajstić information content (AvgIpc) is 2.86. The number of hydrogen-bond acceptors (Lipinski definition) is 4. The summed E-state index contributed by atoms with van der Waals surface area (Å²) in [6.07, 6.45) is 2.83. The molecule has 0 aliphatic carbocycles. The molecule has 1 saturated heterocycles. The van der Waals surface area contributed by atoms with Gasteiger partial charge < -0.3 is 10.0 Å². The second kappa shape index (κ2) is 4.52. The maximum Gasteiger partial charge on any atom is 0.308 e. The van der Waals surface area contributed by atoms with Gasteiger partial charge in [-0.3, -0.25) is 9.59 Å². The molecule has 1 N–H and O–H groups in total. The fourth-order valence-electron chi connectivity index (χ4n) is 2.04. The van der Waals surface area contributed by atoms with Crippen LogP contribution in [0.25, 0.3) is 0 Å². The first kappa shape index (κ1) is 11.6. The van der Waals surface area contributed by atoms with Gasteiger partial charge in [-0.05, 0) is 5.92 Å². The van der Waals surface area contributed by atoms with Gasteiger partial charge in [-0.1, -0.05) is 6.92 Å². The number of carboxylic acid groups (broad SMARTS) is 1. The SMILES string of the molecule is CC1CN(C(=O)Cn2cncn2)CC1C(=O)O. The largest absolute Gasteiger partial charge is 0.481 e. The minimum atomic E-state index is -0.839. The van der Waals surface area contributed by atoms with Crippen molar-refractivity contribution in [3.05, 3.63) is 12.7 Å². The molecule has 1 fully saturated rings. The predicted octanol–water partition coefficient (Wildman–Crippen LogP) is -0.543. The zero-order valence-electron chi connectivity index (χ0n) is 9.48. The topological polar surface area (TPSA) is 88.3 Å². The summed E-state index contributed by atoms with van der Waals surface area (Å²) in [4.78, 5) is 28.1. The highest BCUT2D eigenvalue weighted by molar-refractivity contribution is 5.78. The number of carboxylic acids is 1. The Hall–Kier alpha value is -1.92. The number of hydrogen-bond donors (Lipinski definition) is 1. The molecule has 92 valence electrons. The molecular weight excluding hydrogens is 224 g/mol. The highest BCUT2D eigenvalue weighted by atomic mass is 16.4. The van der Waals surface area contributed by atoms with E-state index >= 15 is 0 Å². The Bertz CT molecular complexity index is 417. The van der Waals surface area contributed by atoms with E-state index in [2.05, 4.69) is 10.1 Å². The summed E-state index contributed by atoms with van der Waals surface area (Å²) in [5.74, 6) is -1.43. The number of aliphatic carboxylic acids is 1. The van der Waals surface area contributed by atoms with E-state index in [1.54, 1.807) is 4.90 Å². The second-order valence-corrected chi connectivity index (χ2v) is 4.31. The second-order valence-electron chi connectivity index (χ2n) is 4.31. The van der Waals surface area contributed by atoms with Crippen molar-refractivity contribution in [1.82, 2.24) is 19.7 Å². The molecule has 1 aromatic heterocycles. The van der Waals surface area contributed by atoms with Crippen molar-refractivity contribution in [2.75, 3.05) is 13.1 Å². The highest BCUT2D eigenvalue weighted by Gasteiger charge is 2.36. The summed E-state index contributed by atoms with van der Waals surface area (Å²) in [6.45, 7) is 2.73. The van der Waals surface area contributed by atoms with Crippen molar-refractivity contribution in [2.24, 2.45) is 11.8 Å². The number of carbonyl (C=O) groups is 2. The molecule has 1 aromatic rings. The monoisotopic (exact) mass is 238 g/mol. The van der Waals surface area contributed by atoms with Gasteiger partial charge in [0, 0.05) is 13.1 Å². The first-order valence-electron chi connectivity index (χ1n) is 5.41. The van der Waals surface area contributed by atoms with Crippen LogP contribution in [0.3, 0.4) is 0 Å². The van der Waals surface area contributed by atoms with Gasteiger partial charge in [0.2, 0.25) is 5.91 Å². The van der Waals surface area contributed by atoms with Crippen LogP contribution in [0.2, 0.25) is 0 Å². The normalized spacial score (nSPS) is 23.9. The lowest BCUT2D eigenvalue weighted by molar-refractivity contribution is -0.142. The zero-order valence-corrected chi connectivity index (χ0v) is 9.48. The Kier molecular flexibility index (Phi) is 3.08. The lowest BCUT2D eigenvalue weighted by Gasteiger charge is -2.15. The van der Waals surface area contributed by atoms with E-state index in [1.165, 1.54) is 17.3 Å². The smallest absolute Gasteiger partial charge is 0.308 e. The van der Waals surface area contributed by atoms with Crippen molar-refractivity contribution < 1.29 is 14.7 Å². The number of amides is 1. The molecule has 2 unspecified atom stereocenters. The van der Waals surface area contributed by atoms with Gasteiger partial charge in [0.25, 0.3) is 0 Å². The maximum absolute atomic E-state index is 11.9. The van der Waals surface area contributed by atoms with Gasteiger partial charge in [-0.25, -0.2) is 9.67 Å². The van der Waals surface area contributed by atoms with Crippen molar-refractivity contribution in [2.45, 2.75) is 13.5 Å². The molecule has 7 nitrogen and oxygen atoms in total. The minimum absolute atomic E-state index is 0.00723. The molecule has 1 aliphatic heterocycles. The Labute approximate surface area is 98.0 Å². The zero-order chi connectivity index (χ0) is 12.4. The third-order valence-corrected chi connectivity index (χ3v) is 3.05. The summed E-state index contributed by atoms with van der Waals surface area (Å²) in [6, 6.07) is 0. The number of rotatable bonds is 3. The Balaban J connectivity index is 1.96. The molecular formula is C10H14N4O3. The fourth-order valence-corrected chi connectivity index (χ4v) is 2.04. The number of nitrogens with zero attached hydrogens (tertiary/aromatic N) is 4. The molecule has 0 spiro atoms. The minimum Gasteiger partial charge on any atom is -0.481 e. The molecule has 0 saturated carbocycles. The predicted molar refractivity (Wildman–Crippen MR) is 56.9 cm³/mol. The van der Waals surface area contributed by atoms with Crippen LogP contribution in [0.5, 0.6) is 0 Å². The first-order valence-corrected chi connectivity index (χ1v) is 5.41. The highest BCUT2D eigenvalue weighted by Crippen LogP contribution is 2.23. The van der Waals surface area contributed by atoms with Crippen LogP contribution in [-0.4, -0.2) is 49.7 Å². The summed E-state index contributed by atoms with van der Waals surface area (Å²) in [5.41, 5.74) is 0. The fraction of sp³-hybridized carbons (Fsp3) is 0.600. The molecule has 0 radical (unpaired) electrons. The lowest BCUT2D eigenvalue weighted by Crippen LogP contribution is -2.33. The molecule has 1 amide bonds. The Morgan fingerprint density at radius 3 is 2.76 bits per heavy atom. The molecule has 0 bridgehead atoms. The van der Waals surface area contributed by atoms with Crippen molar-refractivity contribution >= 4 is 11.9 Å². The molecule has 2 rings (SSSR count). The van der Waals surface area contributed by atoms with Crippen LogP contribution in [0.15, 0.2) is 12.7 Å². The molecule has 2 heterocycles. The van der Waals surface area contributed by atoms with Gasteiger partial charge in [-0.2, -0.15) is 5.10 Å². The molecule has 2 atom stereocenters. The van der Waals surface area contributed by atoms with E-state index in [0.717, 1.165) is 0 Å². The van der Waals surface area contributed by atoms with Crippen molar-refractivity contribution in [3.8, 4) is 0 Å². The Morgan fingerprint density at radius 1 is 1.47 bits per heavy atom. The van der Waals surface area contributed by atoms with Crippen molar-refractivity contribution in [1.29, 1.82) is 0 Å². The first-order chi connectivity index (χ1) is 8.08. The van der Waals surface area contributed by atoms with Gasteiger partial charge in [0.15, 0.2) is 0 Å². The third-order valence-electron chi connectivity index (χ3n) is 3.05. The van der Waals surface area contributed by atoms with Gasteiger partial charge in [0.05, 0.1) is 5.92 Å². The standard InChI is InChI=1S/C10H14N4O3/c1-7-2-13(3-8(7)10(16)17)9(15)4-14-6-11-5-12-14/h5-8H,2-4H2,1H3,(H,16,17). The quantitative estimate of drug-likeness (QED) is 0.763. The number of aromatic nitrogens is 3. The maximum atomic E-state index is 11.9. The van der Waals surface area contributed by atoms with Crippen LogP contribution in [-0.2, 0) is 16.1 Å². The van der Waals surface area contributed by atoms with Gasteiger partial charge >= 0.3 is 5.97 Å². The van der Waals surface area contributed by atoms with E-state index in [1.807, 2.05) is 6.92 Å². The van der Waals surface area contributed by atoms with Crippen LogP contribution in [0, 0.1) is 11.8 Å². The van der Waals surface area contributed by atoms with E-state index < -0.39 is 11.9 Å². The number of carbonyl (C=O) groups excluding carboxylic acids is 1. The summed E-state index contributed by atoms with van der Waals surface area (Å²) < 4.78 is 1.43. The lowest BCUT2D eigenvalue weighted by atomic mass is 9.99. The summed E-state index contributed by atoms with van der Waals surface area (Å²) in [5, 5.41) is 12.8. The summed E-state index contributed by atoms with van der Waals surface area (Å²) in [7, 11) is 0. The van der Waals surface area contributed by atoms with Gasteiger partial charge in [-0.15, -0.1) is 0 Å². The average molecular weight is 238 g/mol. The van der Waals surface area contributed by atoms with Crippen LogP contribution < -0.4 is 0 Å². The molecule has 1 aliphatic rings. The van der Waals surface area contributed by atoms with E-state index in [9.17, 15) is 9.59 Å². The third kappa shape index (κ3) is 2.43. The molecule has 7 heteroatoms. The van der Waals surface area contributed by atoms with Crippen molar-refractivity contribution in [3.63, 3.8) is 0 Å². The summed E-state index contributed by atoms with van der Waals surface area (Å²) >= 11 is 0.